The quantitative estimate of drug-likeness (QED) is 0.842. The molecule has 1 aromatic carbocycles. The number of rotatable bonds is 2. The minimum absolute atomic E-state index is 0.111. The second-order valence-corrected chi connectivity index (χ2v) is 4.95. The molecule has 4 nitrogen and oxygen atoms in total. The summed E-state index contributed by atoms with van der Waals surface area (Å²) in [7, 11) is 1.63. The molecule has 0 saturated carbocycles. The van der Waals surface area contributed by atoms with Gasteiger partial charge in [0.2, 0.25) is 0 Å². The second-order valence-electron chi connectivity index (χ2n) is 4.95. The Balaban J connectivity index is 2.09. The van der Waals surface area contributed by atoms with E-state index in [1.54, 1.807) is 24.1 Å². The topological polar surface area (TPSA) is 42.7 Å². The molecule has 104 valence electrons. The van der Waals surface area contributed by atoms with E-state index in [9.17, 15) is 4.79 Å². The molecule has 0 atom stereocenters. The lowest BCUT2D eigenvalue weighted by molar-refractivity contribution is 0.0957. The van der Waals surface area contributed by atoms with Crippen molar-refractivity contribution in [3.05, 3.63) is 47.4 Å². The van der Waals surface area contributed by atoms with Gasteiger partial charge in [0.05, 0.1) is 19.1 Å². The van der Waals surface area contributed by atoms with Crippen LogP contribution < -0.4 is 9.64 Å². The summed E-state index contributed by atoms with van der Waals surface area (Å²) in [6, 6.07) is 7.38. The molecule has 1 aliphatic heterocycles. The zero-order chi connectivity index (χ0) is 14.1. The van der Waals surface area contributed by atoms with Crippen molar-refractivity contribution in [2.45, 2.75) is 19.8 Å². The number of nitrogens with zero attached hydrogens (tertiary/aromatic N) is 1. The Bertz CT molecular complexity index is 631. The fraction of sp³-hybridized carbons (Fsp3) is 0.312. The highest BCUT2D eigenvalue weighted by Crippen LogP contribution is 2.38. The molecule has 0 radical (unpaired) electrons. The third kappa shape index (κ3) is 1.97. The van der Waals surface area contributed by atoms with Crippen LogP contribution in [-0.4, -0.2) is 19.6 Å². The number of carbonyl (C=O) groups excluding carboxylic acids is 1. The van der Waals surface area contributed by atoms with E-state index in [4.69, 9.17) is 9.15 Å². The molecule has 20 heavy (non-hydrogen) atoms. The molecule has 1 aliphatic rings. The highest BCUT2D eigenvalue weighted by molar-refractivity contribution is 6.06. The molecule has 3 rings (SSSR count). The number of hydrogen-bond acceptors (Lipinski definition) is 3. The predicted octanol–water partition coefficient (Wildman–Crippen LogP) is 3.19. The summed E-state index contributed by atoms with van der Waals surface area (Å²) in [5.74, 6) is 0.992. The number of aryl methyl sites for hydroxylation is 1. The Morgan fingerprint density at radius 2 is 2.20 bits per heavy atom. The first-order valence-electron chi connectivity index (χ1n) is 6.74. The van der Waals surface area contributed by atoms with Crippen LogP contribution in [0.25, 0.3) is 0 Å². The molecule has 0 unspecified atom stereocenters. The molecular weight excluding hydrogens is 254 g/mol. The number of methoxy groups -OCH3 is 1. The summed E-state index contributed by atoms with van der Waals surface area (Å²) < 4.78 is 10.7. The van der Waals surface area contributed by atoms with Crippen LogP contribution in [0.5, 0.6) is 5.75 Å². The molecule has 0 fully saturated rings. The zero-order valence-electron chi connectivity index (χ0n) is 11.7. The summed E-state index contributed by atoms with van der Waals surface area (Å²) in [4.78, 5) is 14.3. The summed E-state index contributed by atoms with van der Waals surface area (Å²) in [6.07, 6.45) is 3.44. The van der Waals surface area contributed by atoms with Crippen molar-refractivity contribution >= 4 is 11.6 Å². The van der Waals surface area contributed by atoms with Gasteiger partial charge in [0.25, 0.3) is 5.91 Å². The van der Waals surface area contributed by atoms with E-state index in [0.717, 1.165) is 24.3 Å². The second kappa shape index (κ2) is 5.04. The van der Waals surface area contributed by atoms with E-state index in [0.29, 0.717) is 12.3 Å². The largest absolute Gasteiger partial charge is 0.495 e. The molecule has 2 heterocycles. The van der Waals surface area contributed by atoms with Crippen LogP contribution in [0.2, 0.25) is 0 Å². The van der Waals surface area contributed by atoms with Crippen LogP contribution in [-0.2, 0) is 6.42 Å². The van der Waals surface area contributed by atoms with Crippen LogP contribution in [0.4, 0.5) is 5.69 Å². The van der Waals surface area contributed by atoms with Crippen molar-refractivity contribution in [2.24, 2.45) is 0 Å². The van der Waals surface area contributed by atoms with Crippen LogP contribution >= 0.6 is 0 Å². The minimum atomic E-state index is -0.111. The van der Waals surface area contributed by atoms with Gasteiger partial charge in [-0.1, -0.05) is 6.07 Å². The van der Waals surface area contributed by atoms with E-state index < -0.39 is 0 Å². The van der Waals surface area contributed by atoms with Gasteiger partial charge in [-0.15, -0.1) is 0 Å². The number of fused-ring (bicyclic) bond motifs is 1. The average Bonchev–Trinajstić information content (AvgIpc) is 3.01. The highest BCUT2D eigenvalue weighted by Gasteiger charge is 2.29. The lowest BCUT2D eigenvalue weighted by Crippen LogP contribution is -2.35. The molecule has 0 N–H and O–H groups in total. The van der Waals surface area contributed by atoms with Crippen LogP contribution in [0.3, 0.4) is 0 Å². The van der Waals surface area contributed by atoms with Crippen LogP contribution in [0.15, 0.2) is 34.9 Å². The van der Waals surface area contributed by atoms with E-state index in [2.05, 4.69) is 6.92 Å². The summed E-state index contributed by atoms with van der Waals surface area (Å²) in [5.41, 5.74) is 3.27. The van der Waals surface area contributed by atoms with Gasteiger partial charge in [0.1, 0.15) is 5.75 Å². The Labute approximate surface area is 118 Å². The van der Waals surface area contributed by atoms with Crippen LogP contribution in [0, 0.1) is 6.92 Å². The standard InChI is InChI=1S/C16H17NO3/c1-11-7-8-13(19-2)15-12(11)5-3-9-17(15)16(18)14-6-4-10-20-14/h4,6-8,10H,3,5,9H2,1-2H3. The molecule has 0 saturated heterocycles. The van der Waals surface area contributed by atoms with Crippen molar-refractivity contribution in [3.8, 4) is 5.75 Å². The Morgan fingerprint density at radius 3 is 2.90 bits per heavy atom. The van der Waals surface area contributed by atoms with Gasteiger partial charge in [0, 0.05) is 6.54 Å². The lowest BCUT2D eigenvalue weighted by atomic mass is 9.96. The van der Waals surface area contributed by atoms with E-state index in [-0.39, 0.29) is 5.91 Å². The molecule has 0 aliphatic carbocycles. The van der Waals surface area contributed by atoms with Crippen molar-refractivity contribution in [2.75, 3.05) is 18.6 Å². The maximum Gasteiger partial charge on any atom is 0.294 e. The van der Waals surface area contributed by atoms with Crippen molar-refractivity contribution in [3.63, 3.8) is 0 Å². The van der Waals surface area contributed by atoms with Gasteiger partial charge < -0.3 is 14.1 Å². The molecule has 4 heteroatoms. The maximum absolute atomic E-state index is 12.6. The molecule has 1 amide bonds. The van der Waals surface area contributed by atoms with E-state index in [1.165, 1.54) is 17.4 Å². The molecule has 1 aromatic heterocycles. The first-order valence-corrected chi connectivity index (χ1v) is 6.74. The van der Waals surface area contributed by atoms with Crippen LogP contribution in [0.1, 0.15) is 28.1 Å². The fourth-order valence-corrected chi connectivity index (χ4v) is 2.75. The summed E-state index contributed by atoms with van der Waals surface area (Å²) in [5, 5.41) is 0. The fourth-order valence-electron chi connectivity index (χ4n) is 2.75. The SMILES string of the molecule is COc1ccc(C)c2c1N(C(=O)c1ccco1)CCC2. The Kier molecular flexibility index (Phi) is 3.22. The smallest absolute Gasteiger partial charge is 0.294 e. The van der Waals surface area contributed by atoms with Gasteiger partial charge >= 0.3 is 0 Å². The molecule has 0 spiro atoms. The molecule has 2 aromatic rings. The molecule has 0 bridgehead atoms. The van der Waals surface area contributed by atoms with Gasteiger partial charge in [0.15, 0.2) is 5.76 Å². The van der Waals surface area contributed by atoms with Gasteiger partial charge in [-0.25, -0.2) is 0 Å². The summed E-state index contributed by atoms with van der Waals surface area (Å²) >= 11 is 0. The number of furan rings is 1. The Morgan fingerprint density at radius 1 is 1.35 bits per heavy atom. The number of amides is 1. The van der Waals surface area contributed by atoms with Crippen molar-refractivity contribution < 1.29 is 13.9 Å². The Hall–Kier alpha value is -2.23. The monoisotopic (exact) mass is 271 g/mol. The minimum Gasteiger partial charge on any atom is -0.495 e. The third-order valence-electron chi connectivity index (χ3n) is 3.76. The highest BCUT2D eigenvalue weighted by atomic mass is 16.5. The first-order chi connectivity index (χ1) is 9.72. The number of carbonyl (C=O) groups is 1. The zero-order valence-corrected chi connectivity index (χ0v) is 11.7. The van der Waals surface area contributed by atoms with E-state index in [1.807, 2.05) is 12.1 Å². The van der Waals surface area contributed by atoms with Crippen molar-refractivity contribution in [1.82, 2.24) is 0 Å². The number of benzene rings is 1. The van der Waals surface area contributed by atoms with Gasteiger partial charge in [-0.2, -0.15) is 0 Å². The summed E-state index contributed by atoms with van der Waals surface area (Å²) in [6.45, 7) is 2.76. The van der Waals surface area contributed by atoms with Crippen molar-refractivity contribution in [1.29, 1.82) is 0 Å². The number of ether oxygens (including phenoxy) is 1. The third-order valence-corrected chi connectivity index (χ3v) is 3.76. The number of hydrogen-bond donors (Lipinski definition) is 0. The van der Waals surface area contributed by atoms with Gasteiger partial charge in [-0.05, 0) is 49.1 Å². The normalized spacial score (nSPS) is 14.0. The first kappa shape index (κ1) is 12.8. The average molecular weight is 271 g/mol. The molecular formula is C16H17NO3. The van der Waals surface area contributed by atoms with E-state index >= 15 is 0 Å². The predicted molar refractivity (Wildman–Crippen MR) is 76.4 cm³/mol. The number of anilines is 1. The lowest BCUT2D eigenvalue weighted by Gasteiger charge is -2.31. The maximum atomic E-state index is 12.6. The van der Waals surface area contributed by atoms with Gasteiger partial charge in [-0.3, -0.25) is 4.79 Å².